The molecular formula is C14H18ClFN2O2. The third kappa shape index (κ3) is 3.29. The van der Waals surface area contributed by atoms with Crippen molar-refractivity contribution in [2.24, 2.45) is 0 Å². The monoisotopic (exact) mass is 300 g/mol. The third-order valence-corrected chi connectivity index (χ3v) is 3.62. The number of carbonyl (C=O) groups excluding carboxylic acids is 1. The first-order valence-corrected chi connectivity index (χ1v) is 6.85. The molecule has 0 aromatic heterocycles. The summed E-state index contributed by atoms with van der Waals surface area (Å²) >= 11 is 5.82. The Labute approximate surface area is 122 Å². The van der Waals surface area contributed by atoms with Crippen LogP contribution in [-0.2, 0) is 0 Å². The fourth-order valence-electron chi connectivity index (χ4n) is 2.55. The smallest absolute Gasteiger partial charge is 0.257 e. The van der Waals surface area contributed by atoms with E-state index in [2.05, 4.69) is 0 Å². The number of carbonyl (C=O) groups is 1. The number of amides is 1. The Kier molecular flexibility index (Phi) is 4.62. The molecule has 2 rings (SSSR count). The summed E-state index contributed by atoms with van der Waals surface area (Å²) in [6.45, 7) is 0.855. The molecule has 2 atom stereocenters. The van der Waals surface area contributed by atoms with Gasteiger partial charge in [-0.1, -0.05) is 11.6 Å². The SMILES string of the molecule is CN(C)CC1CC(O)CN1C(=O)c1cc(Cl)ccc1F. The summed E-state index contributed by atoms with van der Waals surface area (Å²) in [5, 5.41) is 10.1. The lowest BCUT2D eigenvalue weighted by atomic mass is 10.1. The highest BCUT2D eigenvalue weighted by Gasteiger charge is 2.35. The van der Waals surface area contributed by atoms with Crippen molar-refractivity contribution in [2.75, 3.05) is 27.2 Å². The second kappa shape index (κ2) is 6.08. The van der Waals surface area contributed by atoms with E-state index < -0.39 is 17.8 Å². The molecule has 2 unspecified atom stereocenters. The molecule has 1 aromatic carbocycles. The number of β-amino-alcohol motifs (C(OH)–C–C–N with tert-alkyl or cyclic N) is 1. The average molecular weight is 301 g/mol. The predicted octanol–water partition coefficient (Wildman–Crippen LogP) is 1.62. The van der Waals surface area contributed by atoms with Crippen LogP contribution in [0, 0.1) is 5.82 Å². The van der Waals surface area contributed by atoms with Gasteiger partial charge in [0, 0.05) is 24.2 Å². The molecule has 1 aliphatic heterocycles. The van der Waals surface area contributed by atoms with E-state index in [1.165, 1.54) is 23.1 Å². The predicted molar refractivity (Wildman–Crippen MR) is 75.4 cm³/mol. The summed E-state index contributed by atoms with van der Waals surface area (Å²) < 4.78 is 13.8. The second-order valence-corrected chi connectivity index (χ2v) is 5.82. The minimum Gasteiger partial charge on any atom is -0.391 e. The molecule has 1 N–H and O–H groups in total. The first-order valence-electron chi connectivity index (χ1n) is 6.47. The van der Waals surface area contributed by atoms with Crippen LogP contribution in [0.25, 0.3) is 0 Å². The summed E-state index contributed by atoms with van der Waals surface area (Å²) in [5.41, 5.74) is -0.0460. The molecule has 0 saturated carbocycles. The zero-order valence-corrected chi connectivity index (χ0v) is 12.3. The van der Waals surface area contributed by atoms with Gasteiger partial charge in [0.25, 0.3) is 5.91 Å². The first kappa shape index (κ1) is 15.2. The maximum atomic E-state index is 13.8. The number of likely N-dealkylation sites (N-methyl/N-ethyl adjacent to an activating group) is 1. The number of rotatable bonds is 3. The van der Waals surface area contributed by atoms with Crippen molar-refractivity contribution < 1.29 is 14.3 Å². The highest BCUT2D eigenvalue weighted by molar-refractivity contribution is 6.31. The molecule has 1 amide bonds. The van der Waals surface area contributed by atoms with Crippen LogP contribution in [0.15, 0.2) is 18.2 Å². The molecule has 20 heavy (non-hydrogen) atoms. The van der Waals surface area contributed by atoms with Crippen LogP contribution >= 0.6 is 11.6 Å². The molecule has 4 nitrogen and oxygen atoms in total. The van der Waals surface area contributed by atoms with Gasteiger partial charge in [-0.3, -0.25) is 4.79 Å². The molecule has 0 aliphatic carbocycles. The van der Waals surface area contributed by atoms with Gasteiger partial charge in [0.05, 0.1) is 11.7 Å². The molecule has 1 fully saturated rings. The first-order chi connectivity index (χ1) is 9.38. The molecule has 1 saturated heterocycles. The summed E-state index contributed by atoms with van der Waals surface area (Å²) in [4.78, 5) is 15.9. The van der Waals surface area contributed by atoms with Crippen LogP contribution in [0.2, 0.25) is 5.02 Å². The van der Waals surface area contributed by atoms with Crippen molar-refractivity contribution in [3.63, 3.8) is 0 Å². The number of halogens is 2. The second-order valence-electron chi connectivity index (χ2n) is 5.39. The van der Waals surface area contributed by atoms with Gasteiger partial charge in [0.2, 0.25) is 0 Å². The Balaban J connectivity index is 2.24. The number of likely N-dealkylation sites (tertiary alicyclic amines) is 1. The van der Waals surface area contributed by atoms with Gasteiger partial charge in [-0.15, -0.1) is 0 Å². The molecule has 1 aromatic rings. The molecule has 6 heteroatoms. The molecule has 1 heterocycles. The third-order valence-electron chi connectivity index (χ3n) is 3.39. The Morgan fingerprint density at radius 1 is 1.55 bits per heavy atom. The minimum atomic E-state index is -0.593. The zero-order valence-electron chi connectivity index (χ0n) is 11.5. The Hall–Kier alpha value is -1.17. The van der Waals surface area contributed by atoms with Crippen LogP contribution in [0.4, 0.5) is 4.39 Å². The number of benzene rings is 1. The van der Waals surface area contributed by atoms with Crippen LogP contribution in [-0.4, -0.2) is 60.1 Å². The van der Waals surface area contributed by atoms with Gasteiger partial charge in [-0.05, 0) is 38.7 Å². The van der Waals surface area contributed by atoms with E-state index in [4.69, 9.17) is 11.6 Å². The van der Waals surface area contributed by atoms with Crippen molar-refractivity contribution >= 4 is 17.5 Å². The van der Waals surface area contributed by atoms with Crippen molar-refractivity contribution in [1.29, 1.82) is 0 Å². The van der Waals surface area contributed by atoms with Crippen LogP contribution in [0.5, 0.6) is 0 Å². The average Bonchev–Trinajstić information content (AvgIpc) is 2.71. The van der Waals surface area contributed by atoms with E-state index in [-0.39, 0.29) is 18.2 Å². The topological polar surface area (TPSA) is 43.8 Å². The summed E-state index contributed by atoms with van der Waals surface area (Å²) in [7, 11) is 3.79. The van der Waals surface area contributed by atoms with Gasteiger partial charge in [-0.25, -0.2) is 4.39 Å². The van der Waals surface area contributed by atoms with Crippen molar-refractivity contribution in [3.8, 4) is 0 Å². The Bertz CT molecular complexity index is 510. The minimum absolute atomic E-state index is 0.0460. The number of nitrogens with zero attached hydrogens (tertiary/aromatic N) is 2. The largest absolute Gasteiger partial charge is 0.391 e. The van der Waals surface area contributed by atoms with E-state index in [1.54, 1.807) is 0 Å². The Morgan fingerprint density at radius 3 is 2.90 bits per heavy atom. The van der Waals surface area contributed by atoms with Gasteiger partial charge in [0.15, 0.2) is 0 Å². The standard InChI is InChI=1S/C14H18ClFN2O2/c1-17(2)7-10-6-11(19)8-18(10)14(20)12-5-9(15)3-4-13(12)16/h3-5,10-11,19H,6-8H2,1-2H3. The fourth-order valence-corrected chi connectivity index (χ4v) is 2.72. The number of hydrogen-bond acceptors (Lipinski definition) is 3. The number of aliphatic hydroxyl groups excluding tert-OH is 1. The highest BCUT2D eigenvalue weighted by Crippen LogP contribution is 2.23. The Morgan fingerprint density at radius 2 is 2.25 bits per heavy atom. The van der Waals surface area contributed by atoms with Crippen molar-refractivity contribution in [2.45, 2.75) is 18.6 Å². The summed E-state index contributed by atoms with van der Waals surface area (Å²) in [6.07, 6.45) is -0.0577. The number of hydrogen-bond donors (Lipinski definition) is 1. The van der Waals surface area contributed by atoms with Crippen LogP contribution in [0.1, 0.15) is 16.8 Å². The van der Waals surface area contributed by atoms with Gasteiger partial charge >= 0.3 is 0 Å². The van der Waals surface area contributed by atoms with E-state index in [0.717, 1.165) is 0 Å². The number of aliphatic hydroxyl groups is 1. The van der Waals surface area contributed by atoms with Crippen LogP contribution < -0.4 is 0 Å². The normalized spacial score (nSPS) is 22.6. The fraction of sp³-hybridized carbons (Fsp3) is 0.500. The van der Waals surface area contributed by atoms with E-state index in [1.807, 2.05) is 19.0 Å². The van der Waals surface area contributed by atoms with Gasteiger partial charge in [0.1, 0.15) is 5.82 Å². The molecule has 0 bridgehead atoms. The van der Waals surface area contributed by atoms with E-state index in [9.17, 15) is 14.3 Å². The molecule has 1 aliphatic rings. The van der Waals surface area contributed by atoms with Gasteiger partial charge < -0.3 is 14.9 Å². The zero-order chi connectivity index (χ0) is 14.9. The lowest BCUT2D eigenvalue weighted by molar-refractivity contribution is 0.0694. The summed E-state index contributed by atoms with van der Waals surface area (Å²) in [6, 6.07) is 3.80. The van der Waals surface area contributed by atoms with E-state index in [0.29, 0.717) is 18.0 Å². The summed E-state index contributed by atoms with van der Waals surface area (Å²) in [5.74, 6) is -1.02. The van der Waals surface area contributed by atoms with Gasteiger partial charge in [-0.2, -0.15) is 0 Å². The highest BCUT2D eigenvalue weighted by atomic mass is 35.5. The van der Waals surface area contributed by atoms with E-state index >= 15 is 0 Å². The molecule has 0 spiro atoms. The molecule has 110 valence electrons. The lowest BCUT2D eigenvalue weighted by Crippen LogP contribution is -2.41. The molecular weight excluding hydrogens is 283 g/mol. The van der Waals surface area contributed by atoms with Crippen molar-refractivity contribution in [1.82, 2.24) is 9.80 Å². The molecule has 0 radical (unpaired) electrons. The maximum absolute atomic E-state index is 13.8. The lowest BCUT2D eigenvalue weighted by Gasteiger charge is -2.27. The van der Waals surface area contributed by atoms with Crippen LogP contribution in [0.3, 0.4) is 0 Å². The maximum Gasteiger partial charge on any atom is 0.257 e. The quantitative estimate of drug-likeness (QED) is 0.922. The van der Waals surface area contributed by atoms with Crippen molar-refractivity contribution in [3.05, 3.63) is 34.6 Å².